The van der Waals surface area contributed by atoms with Crippen molar-refractivity contribution in [2.45, 2.75) is 25.3 Å². The third-order valence-electron chi connectivity index (χ3n) is 3.61. The maximum absolute atomic E-state index is 12.6. The van der Waals surface area contributed by atoms with Crippen molar-refractivity contribution < 1.29 is 9.21 Å². The number of aromatic nitrogens is 1. The Kier molecular flexibility index (Phi) is 7.35. The quantitative estimate of drug-likeness (QED) is 0.908. The summed E-state index contributed by atoms with van der Waals surface area (Å²) >= 11 is 1.37. The van der Waals surface area contributed by atoms with Crippen LogP contribution in [0.1, 0.15) is 28.9 Å². The first-order valence-corrected chi connectivity index (χ1v) is 7.62. The number of nitrogens with two attached hydrogens (primary N) is 1. The van der Waals surface area contributed by atoms with Crippen molar-refractivity contribution in [1.82, 2.24) is 9.88 Å². The molecular weight excluding hydrogens is 345 g/mol. The van der Waals surface area contributed by atoms with Gasteiger partial charge in [-0.25, -0.2) is 4.98 Å². The standard InChI is InChI=1S/C14H17N3O2S.2ClH/c15-8-10-4-1-2-6-17(10)14(18)12-9-16-13(20-12)11-5-3-7-19-11;;/h3,5,7,9-10H,1-2,4,6,8,15H2;2*1H. The first-order chi connectivity index (χ1) is 9.79. The summed E-state index contributed by atoms with van der Waals surface area (Å²) in [5, 5.41) is 0.736. The van der Waals surface area contributed by atoms with E-state index in [0.29, 0.717) is 17.2 Å². The zero-order valence-electron chi connectivity index (χ0n) is 11.9. The van der Waals surface area contributed by atoms with Gasteiger partial charge >= 0.3 is 0 Å². The number of carbonyl (C=O) groups is 1. The maximum atomic E-state index is 12.6. The highest BCUT2D eigenvalue weighted by Crippen LogP contribution is 2.27. The number of hydrogen-bond acceptors (Lipinski definition) is 5. The Morgan fingerprint density at radius 1 is 1.45 bits per heavy atom. The van der Waals surface area contributed by atoms with Crippen molar-refractivity contribution in [3.63, 3.8) is 0 Å². The lowest BCUT2D eigenvalue weighted by Gasteiger charge is -2.34. The molecule has 0 spiro atoms. The summed E-state index contributed by atoms with van der Waals surface area (Å²) in [6.45, 7) is 1.31. The van der Waals surface area contributed by atoms with Gasteiger partial charge in [-0.15, -0.1) is 36.2 Å². The Labute approximate surface area is 145 Å². The van der Waals surface area contributed by atoms with Crippen LogP contribution in [0.5, 0.6) is 0 Å². The van der Waals surface area contributed by atoms with Crippen LogP contribution in [-0.4, -0.2) is 34.9 Å². The Morgan fingerprint density at radius 2 is 2.27 bits per heavy atom. The van der Waals surface area contributed by atoms with Gasteiger partial charge in [-0.3, -0.25) is 4.79 Å². The van der Waals surface area contributed by atoms with E-state index in [1.165, 1.54) is 11.3 Å². The summed E-state index contributed by atoms with van der Waals surface area (Å²) in [5.41, 5.74) is 5.77. The van der Waals surface area contributed by atoms with Gasteiger partial charge in [-0.05, 0) is 31.4 Å². The molecule has 3 rings (SSSR count). The number of nitrogens with zero attached hydrogens (tertiary/aromatic N) is 2. The Morgan fingerprint density at radius 3 is 2.95 bits per heavy atom. The second-order valence-electron chi connectivity index (χ2n) is 4.89. The van der Waals surface area contributed by atoms with Crippen LogP contribution in [0.2, 0.25) is 0 Å². The van der Waals surface area contributed by atoms with E-state index < -0.39 is 0 Å². The molecule has 1 saturated heterocycles. The first kappa shape index (κ1) is 19.0. The minimum Gasteiger partial charge on any atom is -0.462 e. The van der Waals surface area contributed by atoms with Crippen molar-refractivity contribution in [2.24, 2.45) is 5.73 Å². The summed E-state index contributed by atoms with van der Waals surface area (Å²) in [6.07, 6.45) is 6.42. The molecule has 0 aliphatic carbocycles. The average Bonchev–Trinajstić information content (AvgIpc) is 3.16. The van der Waals surface area contributed by atoms with Gasteiger partial charge in [0.15, 0.2) is 10.8 Å². The molecule has 1 amide bonds. The van der Waals surface area contributed by atoms with Crippen LogP contribution in [0.25, 0.3) is 10.8 Å². The van der Waals surface area contributed by atoms with Crippen LogP contribution in [0.15, 0.2) is 29.0 Å². The molecule has 1 fully saturated rings. The summed E-state index contributed by atoms with van der Waals surface area (Å²) in [7, 11) is 0. The fraction of sp³-hybridized carbons (Fsp3) is 0.429. The van der Waals surface area contributed by atoms with Crippen molar-refractivity contribution in [2.75, 3.05) is 13.1 Å². The summed E-state index contributed by atoms with van der Waals surface area (Å²) in [5.74, 6) is 0.735. The zero-order valence-corrected chi connectivity index (χ0v) is 14.4. The predicted octanol–water partition coefficient (Wildman–Crippen LogP) is 3.20. The van der Waals surface area contributed by atoms with Crippen LogP contribution in [0.4, 0.5) is 0 Å². The Bertz CT molecular complexity index is 589. The number of furan rings is 1. The molecule has 2 aromatic heterocycles. The minimum absolute atomic E-state index is 0. The normalized spacial score (nSPS) is 17.5. The fourth-order valence-corrected chi connectivity index (χ4v) is 3.38. The van der Waals surface area contributed by atoms with Crippen LogP contribution in [0, 0.1) is 0 Å². The molecule has 5 nitrogen and oxygen atoms in total. The third-order valence-corrected chi connectivity index (χ3v) is 4.61. The van der Waals surface area contributed by atoms with Crippen LogP contribution >= 0.6 is 36.2 Å². The van der Waals surface area contributed by atoms with Crippen LogP contribution < -0.4 is 5.73 Å². The molecule has 1 unspecified atom stereocenters. The van der Waals surface area contributed by atoms with Crippen LogP contribution in [-0.2, 0) is 0 Å². The highest BCUT2D eigenvalue weighted by Gasteiger charge is 2.27. The minimum atomic E-state index is 0. The SMILES string of the molecule is Cl.Cl.NCC1CCCCN1C(=O)c1cnc(-c2ccco2)s1. The number of hydrogen-bond donors (Lipinski definition) is 1. The predicted molar refractivity (Wildman–Crippen MR) is 92.0 cm³/mol. The van der Waals surface area contributed by atoms with Gasteiger partial charge in [0.2, 0.25) is 0 Å². The Hall–Kier alpha value is -1.08. The van der Waals surface area contributed by atoms with E-state index in [4.69, 9.17) is 10.2 Å². The molecule has 22 heavy (non-hydrogen) atoms. The molecule has 3 heterocycles. The molecule has 0 bridgehead atoms. The van der Waals surface area contributed by atoms with Gasteiger partial charge in [0.05, 0.1) is 12.5 Å². The van der Waals surface area contributed by atoms with E-state index in [1.807, 2.05) is 17.0 Å². The summed E-state index contributed by atoms with van der Waals surface area (Å²) in [4.78, 5) is 19.4. The van der Waals surface area contributed by atoms with E-state index in [0.717, 1.165) is 30.8 Å². The number of piperidine rings is 1. The monoisotopic (exact) mass is 363 g/mol. The van der Waals surface area contributed by atoms with Crippen molar-refractivity contribution >= 4 is 42.1 Å². The van der Waals surface area contributed by atoms with Crippen molar-refractivity contribution in [1.29, 1.82) is 0 Å². The average molecular weight is 364 g/mol. The second-order valence-corrected chi connectivity index (χ2v) is 5.92. The van der Waals surface area contributed by atoms with E-state index in [-0.39, 0.29) is 36.8 Å². The molecule has 0 saturated carbocycles. The van der Waals surface area contributed by atoms with Gasteiger partial charge in [-0.2, -0.15) is 0 Å². The van der Waals surface area contributed by atoms with E-state index >= 15 is 0 Å². The molecule has 0 aromatic carbocycles. The number of amides is 1. The van der Waals surface area contributed by atoms with Crippen molar-refractivity contribution in [3.8, 4) is 10.8 Å². The van der Waals surface area contributed by atoms with Gasteiger partial charge in [0, 0.05) is 19.1 Å². The highest BCUT2D eigenvalue weighted by molar-refractivity contribution is 7.16. The lowest BCUT2D eigenvalue weighted by Crippen LogP contribution is -2.47. The topological polar surface area (TPSA) is 72.4 Å². The summed E-state index contributed by atoms with van der Waals surface area (Å²) in [6, 6.07) is 3.81. The molecule has 1 atom stereocenters. The largest absolute Gasteiger partial charge is 0.462 e. The second kappa shape index (κ2) is 8.53. The molecule has 2 aromatic rings. The lowest BCUT2D eigenvalue weighted by molar-refractivity contribution is 0.0628. The van der Waals surface area contributed by atoms with Gasteiger partial charge in [0.25, 0.3) is 5.91 Å². The van der Waals surface area contributed by atoms with Crippen molar-refractivity contribution in [3.05, 3.63) is 29.5 Å². The third kappa shape index (κ3) is 3.81. The molecule has 1 aliphatic heterocycles. The van der Waals surface area contributed by atoms with Crippen LogP contribution in [0.3, 0.4) is 0 Å². The molecular formula is C14H19Cl2N3O2S. The van der Waals surface area contributed by atoms with Gasteiger partial charge in [0.1, 0.15) is 4.88 Å². The lowest BCUT2D eigenvalue weighted by atomic mass is 10.0. The van der Waals surface area contributed by atoms with E-state index in [9.17, 15) is 4.79 Å². The molecule has 8 heteroatoms. The number of rotatable bonds is 3. The van der Waals surface area contributed by atoms with Gasteiger partial charge in [-0.1, -0.05) is 0 Å². The van der Waals surface area contributed by atoms with E-state index in [1.54, 1.807) is 12.5 Å². The zero-order chi connectivity index (χ0) is 13.9. The van der Waals surface area contributed by atoms with E-state index in [2.05, 4.69) is 4.98 Å². The number of thiazole rings is 1. The Balaban J connectivity index is 0.00000121. The number of halogens is 2. The smallest absolute Gasteiger partial charge is 0.265 e. The number of carbonyl (C=O) groups excluding carboxylic acids is 1. The van der Waals surface area contributed by atoms with Gasteiger partial charge < -0.3 is 15.1 Å². The maximum Gasteiger partial charge on any atom is 0.265 e. The molecule has 2 N–H and O–H groups in total. The molecule has 122 valence electrons. The summed E-state index contributed by atoms with van der Waals surface area (Å²) < 4.78 is 5.30. The molecule has 0 radical (unpaired) electrons. The fourth-order valence-electron chi connectivity index (χ4n) is 2.54. The highest BCUT2D eigenvalue weighted by atomic mass is 35.5. The molecule has 1 aliphatic rings. The first-order valence-electron chi connectivity index (χ1n) is 6.80. The number of likely N-dealkylation sites (tertiary alicyclic amines) is 1.